The third-order valence-corrected chi connectivity index (χ3v) is 5.53. The molecule has 1 fully saturated rings. The molecule has 2 rings (SSSR count). The number of aliphatic hydroxyl groups excluding tert-OH is 1. The predicted octanol–water partition coefficient (Wildman–Crippen LogP) is 1.31. The van der Waals surface area contributed by atoms with Gasteiger partial charge >= 0.3 is 6.18 Å². The summed E-state index contributed by atoms with van der Waals surface area (Å²) in [6.07, 6.45) is -6.65. The fourth-order valence-corrected chi connectivity index (χ4v) is 3.78. The monoisotopic (exact) mass is 534 g/mol. The zero-order chi connectivity index (χ0) is 27.0. The van der Waals surface area contributed by atoms with Crippen molar-refractivity contribution in [2.75, 3.05) is 18.5 Å². The quantitative estimate of drug-likeness (QED) is 0.270. The van der Waals surface area contributed by atoms with Gasteiger partial charge < -0.3 is 26.4 Å². The van der Waals surface area contributed by atoms with Crippen molar-refractivity contribution < 1.29 is 42.3 Å². The van der Waals surface area contributed by atoms with Crippen molar-refractivity contribution in [1.82, 2.24) is 16.0 Å². The number of ketones is 1. The van der Waals surface area contributed by atoms with Gasteiger partial charge in [0.25, 0.3) is 11.8 Å². The third kappa shape index (κ3) is 8.79. The first-order valence-corrected chi connectivity index (χ1v) is 11.4. The molecule has 0 saturated carbocycles. The number of amides is 4. The second-order valence-electron chi connectivity index (χ2n) is 8.30. The summed E-state index contributed by atoms with van der Waals surface area (Å²) in [5.74, 6) is -5.15. The van der Waals surface area contributed by atoms with Crippen LogP contribution in [0.25, 0.3) is 0 Å². The van der Waals surface area contributed by atoms with Crippen molar-refractivity contribution in [3.63, 3.8) is 0 Å². The minimum Gasteiger partial charge on any atom is -0.395 e. The number of halogens is 4. The summed E-state index contributed by atoms with van der Waals surface area (Å²) in [4.78, 5) is 62.2. The molecule has 198 valence electrons. The summed E-state index contributed by atoms with van der Waals surface area (Å²) in [5.41, 5.74) is -0.423. The average molecular weight is 535 g/mol. The van der Waals surface area contributed by atoms with Crippen LogP contribution < -0.4 is 21.3 Å². The van der Waals surface area contributed by atoms with Crippen molar-refractivity contribution in [3.05, 3.63) is 28.8 Å². The van der Waals surface area contributed by atoms with Gasteiger partial charge in [-0.05, 0) is 38.0 Å². The third-order valence-electron chi connectivity index (χ3n) is 5.30. The summed E-state index contributed by atoms with van der Waals surface area (Å²) >= 11 is 5.95. The predicted molar refractivity (Wildman–Crippen MR) is 122 cm³/mol. The maximum absolute atomic E-state index is 13.1. The Balaban J connectivity index is 2.25. The van der Waals surface area contributed by atoms with Crippen LogP contribution in [0.4, 0.5) is 18.9 Å². The Morgan fingerprint density at radius 2 is 1.94 bits per heavy atom. The molecule has 1 heterocycles. The fraction of sp³-hybridized carbons (Fsp3) is 0.500. The molecule has 0 radical (unpaired) electrons. The highest BCUT2D eigenvalue weighted by atomic mass is 35.5. The summed E-state index contributed by atoms with van der Waals surface area (Å²) < 4.78 is 37.3. The van der Waals surface area contributed by atoms with Gasteiger partial charge in [0.15, 0.2) is 0 Å². The number of Topliss-reactive ketones (excluding diaryl/α,β-unsaturated/α-hetero) is 1. The molecular formula is C22H26ClF3N4O6. The second kappa shape index (κ2) is 12.7. The number of nitrogens with one attached hydrogen (secondary N) is 4. The number of benzene rings is 1. The molecule has 1 aromatic carbocycles. The Morgan fingerprint density at radius 3 is 2.53 bits per heavy atom. The first-order chi connectivity index (χ1) is 16.8. The molecule has 0 spiro atoms. The van der Waals surface area contributed by atoms with Crippen LogP contribution in [0.5, 0.6) is 0 Å². The lowest BCUT2D eigenvalue weighted by Gasteiger charge is -2.21. The zero-order valence-electron chi connectivity index (χ0n) is 19.2. The molecule has 1 unspecified atom stereocenters. The fourth-order valence-electron chi connectivity index (χ4n) is 3.60. The van der Waals surface area contributed by atoms with E-state index in [2.05, 4.69) is 21.3 Å². The van der Waals surface area contributed by atoms with Crippen molar-refractivity contribution in [3.8, 4) is 0 Å². The number of hydrogen-bond donors (Lipinski definition) is 5. The Morgan fingerprint density at radius 1 is 1.25 bits per heavy atom. The van der Waals surface area contributed by atoms with Crippen LogP contribution in [0.3, 0.4) is 0 Å². The van der Waals surface area contributed by atoms with E-state index in [0.717, 1.165) is 6.07 Å². The van der Waals surface area contributed by atoms with Crippen LogP contribution in [0.1, 0.15) is 43.0 Å². The van der Waals surface area contributed by atoms with E-state index in [1.807, 2.05) is 0 Å². The molecule has 1 saturated heterocycles. The summed E-state index contributed by atoms with van der Waals surface area (Å²) in [6, 6.07) is 2.01. The van der Waals surface area contributed by atoms with Crippen LogP contribution >= 0.6 is 11.6 Å². The molecule has 5 N–H and O–H groups in total. The van der Waals surface area contributed by atoms with Crippen molar-refractivity contribution >= 4 is 46.7 Å². The van der Waals surface area contributed by atoms with Gasteiger partial charge in [-0.3, -0.25) is 24.0 Å². The van der Waals surface area contributed by atoms with Crippen LogP contribution in [-0.2, 0) is 19.2 Å². The van der Waals surface area contributed by atoms with E-state index in [1.165, 1.54) is 12.1 Å². The minimum absolute atomic E-state index is 0.0565. The zero-order valence-corrected chi connectivity index (χ0v) is 20.0. The van der Waals surface area contributed by atoms with Gasteiger partial charge in [-0.1, -0.05) is 11.6 Å². The maximum Gasteiger partial charge on any atom is 0.389 e. The molecule has 36 heavy (non-hydrogen) atoms. The minimum atomic E-state index is -4.55. The first-order valence-electron chi connectivity index (χ1n) is 11.0. The van der Waals surface area contributed by atoms with Crippen molar-refractivity contribution in [2.45, 2.75) is 50.9 Å². The highest BCUT2D eigenvalue weighted by Crippen LogP contribution is 2.25. The smallest absolute Gasteiger partial charge is 0.389 e. The average Bonchev–Trinajstić information content (AvgIpc) is 3.12. The molecule has 0 bridgehead atoms. The Hall–Kier alpha value is -3.19. The number of hydrogen-bond acceptors (Lipinski definition) is 6. The van der Waals surface area contributed by atoms with Crippen LogP contribution in [0.2, 0.25) is 5.02 Å². The topological polar surface area (TPSA) is 154 Å². The van der Waals surface area contributed by atoms with Crippen LogP contribution in [-0.4, -0.2) is 65.9 Å². The Bertz CT molecular complexity index is 1020. The number of rotatable bonds is 11. The molecular weight excluding hydrogens is 509 g/mol. The van der Waals surface area contributed by atoms with Gasteiger partial charge in [-0.15, -0.1) is 0 Å². The molecule has 14 heteroatoms. The molecule has 1 aliphatic rings. The number of carbonyl (C=O) groups excluding carboxylic acids is 5. The van der Waals surface area contributed by atoms with Gasteiger partial charge in [-0.2, -0.15) is 13.2 Å². The molecule has 3 atom stereocenters. The Labute approximate surface area is 209 Å². The van der Waals surface area contributed by atoms with Crippen LogP contribution in [0.15, 0.2) is 18.2 Å². The SMILES string of the molecule is C[C@@H]1C[C@@H](CC(NC(=O)c2cc(Cl)ccc2NC(=O)CCC(F)(F)F)C(=O)C(=O)NCCO)C(=O)N1. The van der Waals surface area contributed by atoms with E-state index in [0.29, 0.717) is 6.42 Å². The molecule has 0 aliphatic carbocycles. The largest absolute Gasteiger partial charge is 0.395 e. The number of anilines is 1. The van der Waals surface area contributed by atoms with E-state index < -0.39 is 61.1 Å². The summed E-state index contributed by atoms with van der Waals surface area (Å²) in [6.45, 7) is 1.11. The highest BCUT2D eigenvalue weighted by Gasteiger charge is 2.36. The Kier molecular flexibility index (Phi) is 10.2. The van der Waals surface area contributed by atoms with E-state index in [4.69, 9.17) is 16.7 Å². The van der Waals surface area contributed by atoms with E-state index in [9.17, 15) is 37.1 Å². The van der Waals surface area contributed by atoms with E-state index in [1.54, 1.807) is 6.92 Å². The lowest BCUT2D eigenvalue weighted by Crippen LogP contribution is -2.49. The van der Waals surface area contributed by atoms with E-state index in [-0.39, 0.29) is 41.2 Å². The van der Waals surface area contributed by atoms with Gasteiger partial charge in [0.05, 0.1) is 30.3 Å². The molecule has 1 aliphatic heterocycles. The van der Waals surface area contributed by atoms with E-state index >= 15 is 0 Å². The first kappa shape index (κ1) is 29.0. The van der Waals surface area contributed by atoms with Gasteiger partial charge in [0.1, 0.15) is 0 Å². The maximum atomic E-state index is 13.1. The van der Waals surface area contributed by atoms with Gasteiger partial charge in [0.2, 0.25) is 17.6 Å². The van der Waals surface area contributed by atoms with Crippen molar-refractivity contribution in [2.24, 2.45) is 5.92 Å². The molecule has 10 nitrogen and oxygen atoms in total. The van der Waals surface area contributed by atoms with Gasteiger partial charge in [-0.25, -0.2) is 0 Å². The number of aliphatic hydroxyl groups is 1. The molecule has 4 amide bonds. The summed E-state index contributed by atoms with van der Waals surface area (Å²) in [5, 5.41) is 18.4. The highest BCUT2D eigenvalue weighted by molar-refractivity contribution is 6.38. The number of alkyl halides is 3. The second-order valence-corrected chi connectivity index (χ2v) is 8.74. The van der Waals surface area contributed by atoms with Crippen LogP contribution in [0, 0.1) is 5.92 Å². The van der Waals surface area contributed by atoms with Gasteiger partial charge in [0, 0.05) is 29.9 Å². The lowest BCUT2D eigenvalue weighted by molar-refractivity contribution is -0.142. The number of carbonyl (C=O) groups is 5. The lowest BCUT2D eigenvalue weighted by atomic mass is 9.93. The van der Waals surface area contributed by atoms with Crippen molar-refractivity contribution in [1.29, 1.82) is 0 Å². The normalized spacial score (nSPS) is 18.2. The molecule has 1 aromatic rings. The standard InChI is InChI=1S/C22H26ClF3N4O6/c1-11-8-12(19(34)28-11)9-16(18(33)21(36)27-6-7-31)30-20(35)14-10-13(23)2-3-15(14)29-17(32)4-5-22(24,25)26/h2-3,10-12,16,31H,4-9H2,1H3,(H,27,36)(H,28,34)(H,29,32)(H,30,35)/t11-,12+,16?/m1/s1. The summed E-state index contributed by atoms with van der Waals surface area (Å²) in [7, 11) is 0. The molecule has 0 aromatic heterocycles.